The van der Waals surface area contributed by atoms with Gasteiger partial charge in [0, 0.05) is 0 Å². The van der Waals surface area contributed by atoms with Gasteiger partial charge in [0.15, 0.2) is 0 Å². The van der Waals surface area contributed by atoms with Gasteiger partial charge in [-0.05, 0) is 55.2 Å². The Bertz CT molecular complexity index is 756. The molecule has 2 atom stereocenters. The molecule has 132 valence electrons. The van der Waals surface area contributed by atoms with E-state index < -0.39 is 17.6 Å². The molecule has 1 fully saturated rings. The first-order valence-corrected chi connectivity index (χ1v) is 8.35. The number of amides is 1. The summed E-state index contributed by atoms with van der Waals surface area (Å²) in [5.74, 6) is 0.191. The van der Waals surface area contributed by atoms with Gasteiger partial charge in [0.25, 0.3) is 0 Å². The Morgan fingerprint density at radius 3 is 2.48 bits per heavy atom. The van der Waals surface area contributed by atoms with E-state index >= 15 is 0 Å². The number of benzene rings is 2. The van der Waals surface area contributed by atoms with Crippen molar-refractivity contribution in [1.29, 1.82) is 0 Å². The molecule has 1 aliphatic rings. The Kier molecular flexibility index (Phi) is 4.77. The van der Waals surface area contributed by atoms with E-state index in [-0.39, 0.29) is 11.7 Å². The van der Waals surface area contributed by atoms with Gasteiger partial charge in [0.1, 0.15) is 11.6 Å². The number of halogens is 1. The molecular weight excluding hydrogens is 321 g/mol. The third-order valence-electron chi connectivity index (χ3n) is 4.85. The van der Waals surface area contributed by atoms with E-state index in [1.807, 2.05) is 0 Å². The van der Waals surface area contributed by atoms with Gasteiger partial charge in [0.2, 0.25) is 5.91 Å². The van der Waals surface area contributed by atoms with Crippen LogP contribution in [0.2, 0.25) is 0 Å². The van der Waals surface area contributed by atoms with Crippen LogP contribution in [0.4, 0.5) is 4.39 Å². The molecule has 2 aromatic rings. The molecule has 1 amide bonds. The highest BCUT2D eigenvalue weighted by Gasteiger charge is 2.51. The summed E-state index contributed by atoms with van der Waals surface area (Å²) in [5, 5.41) is 13.4. The van der Waals surface area contributed by atoms with Crippen molar-refractivity contribution >= 4 is 5.91 Å². The van der Waals surface area contributed by atoms with Gasteiger partial charge in [-0.15, -0.1) is 0 Å². The summed E-state index contributed by atoms with van der Waals surface area (Å²) in [6.45, 7) is 1.76. The average Bonchev–Trinajstić information content (AvgIpc) is 3.43. The summed E-state index contributed by atoms with van der Waals surface area (Å²) < 4.78 is 18.6. The van der Waals surface area contributed by atoms with Gasteiger partial charge in [-0.25, -0.2) is 4.39 Å². The number of methoxy groups -OCH3 is 1. The Hall–Kier alpha value is -2.40. The van der Waals surface area contributed by atoms with Gasteiger partial charge < -0.3 is 15.2 Å². The standard InChI is InChI=1S/C20H22FNO3/c1-13(18(23)14-6-8-17(25-2)9-7-14)22-19(24)20(10-11-20)15-4-3-5-16(21)12-15/h3-9,12-13,18,23H,10-11H2,1-2H3,(H,22,24). The van der Waals surface area contributed by atoms with Crippen LogP contribution in [0.5, 0.6) is 5.75 Å². The number of hydrogen-bond acceptors (Lipinski definition) is 3. The van der Waals surface area contributed by atoms with Crippen molar-refractivity contribution in [3.8, 4) is 5.75 Å². The van der Waals surface area contributed by atoms with E-state index in [1.165, 1.54) is 12.1 Å². The molecule has 3 rings (SSSR count). The second-order valence-electron chi connectivity index (χ2n) is 6.57. The van der Waals surface area contributed by atoms with Crippen LogP contribution in [-0.2, 0) is 10.2 Å². The Labute approximate surface area is 146 Å². The second kappa shape index (κ2) is 6.84. The molecular formula is C20H22FNO3. The summed E-state index contributed by atoms with van der Waals surface area (Å²) in [6, 6.07) is 12.8. The minimum absolute atomic E-state index is 0.168. The topological polar surface area (TPSA) is 58.6 Å². The zero-order valence-electron chi connectivity index (χ0n) is 14.3. The molecule has 2 unspecified atom stereocenters. The van der Waals surface area contributed by atoms with Crippen LogP contribution in [0.15, 0.2) is 48.5 Å². The van der Waals surface area contributed by atoms with Gasteiger partial charge in [0.05, 0.1) is 24.7 Å². The Morgan fingerprint density at radius 1 is 1.24 bits per heavy atom. The number of carbonyl (C=O) groups is 1. The van der Waals surface area contributed by atoms with Crippen molar-refractivity contribution in [3.05, 3.63) is 65.5 Å². The number of aliphatic hydroxyl groups excluding tert-OH is 1. The van der Waals surface area contributed by atoms with Crippen molar-refractivity contribution in [1.82, 2.24) is 5.32 Å². The van der Waals surface area contributed by atoms with E-state index in [2.05, 4.69) is 5.32 Å². The molecule has 0 radical (unpaired) electrons. The predicted octanol–water partition coefficient (Wildman–Crippen LogP) is 3.10. The highest BCUT2D eigenvalue weighted by Crippen LogP contribution is 2.48. The van der Waals surface area contributed by atoms with Crippen molar-refractivity contribution in [3.63, 3.8) is 0 Å². The van der Waals surface area contributed by atoms with Gasteiger partial charge in [-0.1, -0.05) is 24.3 Å². The number of aliphatic hydroxyl groups is 1. The van der Waals surface area contributed by atoms with Crippen LogP contribution in [-0.4, -0.2) is 24.2 Å². The summed E-state index contributed by atoms with van der Waals surface area (Å²) in [7, 11) is 1.58. The molecule has 25 heavy (non-hydrogen) atoms. The Morgan fingerprint density at radius 2 is 1.92 bits per heavy atom. The summed E-state index contributed by atoms with van der Waals surface area (Å²) in [4.78, 5) is 12.7. The number of rotatable bonds is 6. The van der Waals surface area contributed by atoms with Crippen LogP contribution in [0.25, 0.3) is 0 Å². The van der Waals surface area contributed by atoms with Crippen molar-refractivity contribution < 1.29 is 19.0 Å². The largest absolute Gasteiger partial charge is 0.497 e. The molecule has 5 heteroatoms. The zero-order chi connectivity index (χ0) is 18.0. The van der Waals surface area contributed by atoms with E-state index in [0.29, 0.717) is 29.7 Å². The third kappa shape index (κ3) is 3.51. The maximum Gasteiger partial charge on any atom is 0.230 e. The van der Waals surface area contributed by atoms with E-state index in [1.54, 1.807) is 50.4 Å². The van der Waals surface area contributed by atoms with Crippen LogP contribution < -0.4 is 10.1 Å². The maximum absolute atomic E-state index is 13.5. The molecule has 0 spiro atoms. The van der Waals surface area contributed by atoms with Gasteiger partial charge in [-0.2, -0.15) is 0 Å². The average molecular weight is 343 g/mol. The van der Waals surface area contributed by atoms with E-state index in [4.69, 9.17) is 4.74 Å². The smallest absolute Gasteiger partial charge is 0.230 e. The lowest BCUT2D eigenvalue weighted by Gasteiger charge is -2.24. The normalized spacial score (nSPS) is 17.4. The van der Waals surface area contributed by atoms with E-state index in [0.717, 1.165) is 0 Å². The fourth-order valence-corrected chi connectivity index (χ4v) is 3.07. The van der Waals surface area contributed by atoms with Crippen LogP contribution in [0, 0.1) is 5.82 Å². The molecule has 0 saturated heterocycles. The first-order chi connectivity index (χ1) is 12.0. The number of nitrogens with one attached hydrogen (secondary N) is 1. The maximum atomic E-state index is 13.5. The fraction of sp³-hybridized carbons (Fsp3) is 0.350. The molecule has 1 aliphatic carbocycles. The Balaban J connectivity index is 1.69. The lowest BCUT2D eigenvalue weighted by atomic mass is 9.94. The van der Waals surface area contributed by atoms with Crippen LogP contribution in [0.1, 0.15) is 37.0 Å². The molecule has 0 bridgehead atoms. The van der Waals surface area contributed by atoms with Gasteiger partial charge >= 0.3 is 0 Å². The quantitative estimate of drug-likeness (QED) is 0.847. The monoisotopic (exact) mass is 343 g/mol. The van der Waals surface area contributed by atoms with Crippen molar-refractivity contribution in [2.75, 3.05) is 7.11 Å². The number of carbonyl (C=O) groups excluding carboxylic acids is 1. The fourth-order valence-electron chi connectivity index (χ4n) is 3.07. The first kappa shape index (κ1) is 17.4. The predicted molar refractivity (Wildman–Crippen MR) is 92.9 cm³/mol. The van der Waals surface area contributed by atoms with Crippen LogP contribution >= 0.6 is 0 Å². The molecule has 4 nitrogen and oxygen atoms in total. The number of ether oxygens (including phenoxy) is 1. The summed E-state index contributed by atoms with van der Waals surface area (Å²) in [5.41, 5.74) is 0.719. The molecule has 0 aromatic heterocycles. The molecule has 2 N–H and O–H groups in total. The minimum Gasteiger partial charge on any atom is -0.497 e. The van der Waals surface area contributed by atoms with Gasteiger partial charge in [-0.3, -0.25) is 4.79 Å². The number of hydrogen-bond donors (Lipinski definition) is 2. The van der Waals surface area contributed by atoms with Crippen LogP contribution in [0.3, 0.4) is 0 Å². The van der Waals surface area contributed by atoms with E-state index in [9.17, 15) is 14.3 Å². The highest BCUT2D eigenvalue weighted by molar-refractivity contribution is 5.91. The highest BCUT2D eigenvalue weighted by atomic mass is 19.1. The summed E-state index contributed by atoms with van der Waals surface area (Å²) in [6.07, 6.45) is 0.541. The van der Waals surface area contributed by atoms with Crippen molar-refractivity contribution in [2.45, 2.75) is 37.3 Å². The molecule has 0 heterocycles. The lowest BCUT2D eigenvalue weighted by Crippen LogP contribution is -2.43. The molecule has 0 aliphatic heterocycles. The molecule has 1 saturated carbocycles. The third-order valence-corrected chi connectivity index (χ3v) is 4.85. The first-order valence-electron chi connectivity index (χ1n) is 8.35. The zero-order valence-corrected chi connectivity index (χ0v) is 14.3. The minimum atomic E-state index is -0.835. The lowest BCUT2D eigenvalue weighted by molar-refractivity contribution is -0.125. The SMILES string of the molecule is COc1ccc(C(O)C(C)NC(=O)C2(c3cccc(F)c3)CC2)cc1. The second-order valence-corrected chi connectivity index (χ2v) is 6.57. The molecule has 2 aromatic carbocycles. The van der Waals surface area contributed by atoms with Crippen molar-refractivity contribution in [2.24, 2.45) is 0 Å². The summed E-state index contributed by atoms with van der Waals surface area (Å²) >= 11 is 0.